The lowest BCUT2D eigenvalue weighted by Crippen LogP contribution is -2.15. The normalized spacial score (nSPS) is 10.8. The summed E-state index contributed by atoms with van der Waals surface area (Å²) in [5, 5.41) is 4.45. The third-order valence-electron chi connectivity index (χ3n) is 4.71. The van der Waals surface area contributed by atoms with E-state index in [0.717, 1.165) is 16.5 Å². The molecular formula is C24H19ClN2O. The van der Waals surface area contributed by atoms with Crippen LogP contribution in [0.1, 0.15) is 27.0 Å². The number of hydrogen-bond donors (Lipinski definition) is 1. The molecular weight excluding hydrogens is 368 g/mol. The molecule has 138 valence electrons. The summed E-state index contributed by atoms with van der Waals surface area (Å²) in [6.07, 6.45) is 2.39. The van der Waals surface area contributed by atoms with Crippen molar-refractivity contribution >= 4 is 34.1 Å². The highest BCUT2D eigenvalue weighted by atomic mass is 35.5. The second-order valence-electron chi connectivity index (χ2n) is 6.77. The van der Waals surface area contributed by atoms with Crippen LogP contribution in [-0.2, 0) is 6.42 Å². The van der Waals surface area contributed by atoms with Gasteiger partial charge in [-0.2, -0.15) is 0 Å². The second-order valence-corrected chi connectivity index (χ2v) is 7.18. The molecule has 0 bridgehead atoms. The number of amides is 1. The molecule has 3 nitrogen and oxygen atoms in total. The van der Waals surface area contributed by atoms with Gasteiger partial charge in [0.1, 0.15) is 0 Å². The number of halogens is 1. The number of carbonyl (C=O) groups excluding carboxylic acids is 1. The maximum atomic E-state index is 13.1. The fourth-order valence-electron chi connectivity index (χ4n) is 3.30. The van der Waals surface area contributed by atoms with Gasteiger partial charge in [0.05, 0.1) is 16.2 Å². The molecule has 3 aromatic carbocycles. The molecule has 0 atom stereocenters. The Balaban J connectivity index is 1.69. The Hall–Kier alpha value is -3.17. The zero-order chi connectivity index (χ0) is 19.5. The number of aromatic nitrogens is 1. The van der Waals surface area contributed by atoms with Crippen LogP contribution in [0.15, 0.2) is 79.0 Å². The van der Waals surface area contributed by atoms with Crippen LogP contribution < -0.4 is 5.32 Å². The Morgan fingerprint density at radius 1 is 1.00 bits per heavy atom. The highest BCUT2D eigenvalue weighted by Crippen LogP contribution is 2.28. The molecule has 1 aromatic heterocycles. The molecule has 0 aliphatic heterocycles. The molecule has 0 aliphatic carbocycles. The number of rotatable bonds is 4. The van der Waals surface area contributed by atoms with Crippen molar-refractivity contribution in [3.63, 3.8) is 0 Å². The van der Waals surface area contributed by atoms with E-state index in [1.165, 1.54) is 5.56 Å². The molecule has 4 aromatic rings. The van der Waals surface area contributed by atoms with Crippen molar-refractivity contribution in [2.45, 2.75) is 13.3 Å². The highest BCUT2D eigenvalue weighted by Gasteiger charge is 2.15. The Morgan fingerprint density at radius 3 is 2.64 bits per heavy atom. The van der Waals surface area contributed by atoms with Crippen LogP contribution in [0.4, 0.5) is 5.69 Å². The highest BCUT2D eigenvalue weighted by molar-refractivity contribution is 6.36. The quantitative estimate of drug-likeness (QED) is 0.464. The Kier molecular flexibility index (Phi) is 5.09. The molecule has 4 heteroatoms. The molecule has 4 rings (SSSR count). The zero-order valence-electron chi connectivity index (χ0n) is 15.4. The number of fused-ring (bicyclic) bond motifs is 1. The van der Waals surface area contributed by atoms with Gasteiger partial charge in [-0.25, -0.2) is 0 Å². The molecule has 0 radical (unpaired) electrons. The third-order valence-corrected chi connectivity index (χ3v) is 5.04. The number of carbonyl (C=O) groups is 1. The third kappa shape index (κ3) is 3.75. The van der Waals surface area contributed by atoms with Crippen LogP contribution in [0.25, 0.3) is 10.9 Å². The molecule has 28 heavy (non-hydrogen) atoms. The minimum atomic E-state index is -0.149. The lowest BCUT2D eigenvalue weighted by Gasteiger charge is -2.13. The van der Waals surface area contributed by atoms with E-state index in [4.69, 9.17) is 11.6 Å². The molecule has 1 heterocycles. The molecule has 0 unspecified atom stereocenters. The van der Waals surface area contributed by atoms with E-state index < -0.39 is 0 Å². The predicted octanol–water partition coefficient (Wildman–Crippen LogP) is 6.04. The zero-order valence-corrected chi connectivity index (χ0v) is 16.2. The number of hydrogen-bond acceptors (Lipinski definition) is 2. The van der Waals surface area contributed by atoms with Crippen LogP contribution in [-0.4, -0.2) is 10.9 Å². The van der Waals surface area contributed by atoms with Gasteiger partial charge in [0, 0.05) is 17.1 Å². The average Bonchev–Trinajstić information content (AvgIpc) is 2.72. The first kappa shape index (κ1) is 18.2. The Labute approximate surface area is 169 Å². The molecule has 0 spiro atoms. The minimum absolute atomic E-state index is 0.149. The SMILES string of the molecule is Cc1ccc(Cc2ccccc2)c(C(=O)Nc2ccc(Cl)c3cccnc23)c1. The number of nitrogens with one attached hydrogen (secondary N) is 1. The van der Waals surface area contributed by atoms with Gasteiger partial charge in [-0.3, -0.25) is 9.78 Å². The van der Waals surface area contributed by atoms with Crippen molar-refractivity contribution in [2.75, 3.05) is 5.32 Å². The van der Waals surface area contributed by atoms with Crippen molar-refractivity contribution < 1.29 is 4.79 Å². The molecule has 0 aliphatic rings. The summed E-state index contributed by atoms with van der Waals surface area (Å²) in [4.78, 5) is 17.5. The van der Waals surface area contributed by atoms with E-state index in [0.29, 0.717) is 28.2 Å². The van der Waals surface area contributed by atoms with E-state index in [1.807, 2.05) is 55.5 Å². The summed E-state index contributed by atoms with van der Waals surface area (Å²) in [7, 11) is 0. The second kappa shape index (κ2) is 7.83. The van der Waals surface area contributed by atoms with Crippen LogP contribution >= 0.6 is 11.6 Å². The van der Waals surface area contributed by atoms with Gasteiger partial charge >= 0.3 is 0 Å². The monoisotopic (exact) mass is 386 g/mol. The van der Waals surface area contributed by atoms with Crippen LogP contribution in [0, 0.1) is 6.92 Å². The van der Waals surface area contributed by atoms with Crippen LogP contribution in [0.2, 0.25) is 5.02 Å². The fourth-order valence-corrected chi connectivity index (χ4v) is 3.52. The summed E-state index contributed by atoms with van der Waals surface area (Å²) in [6, 6.07) is 23.4. The van der Waals surface area contributed by atoms with Gasteiger partial charge in [-0.1, -0.05) is 59.6 Å². The fraction of sp³-hybridized carbons (Fsp3) is 0.0833. The standard InChI is InChI=1S/C24H19ClN2O/c1-16-9-10-18(15-17-6-3-2-4-7-17)20(14-16)24(28)27-22-12-11-21(25)19-8-5-13-26-23(19)22/h2-14H,15H2,1H3,(H,27,28). The van der Waals surface area contributed by atoms with Gasteiger partial charge in [0.25, 0.3) is 5.91 Å². The topological polar surface area (TPSA) is 42.0 Å². The molecule has 0 fully saturated rings. The summed E-state index contributed by atoms with van der Waals surface area (Å²) < 4.78 is 0. The maximum absolute atomic E-state index is 13.1. The van der Waals surface area contributed by atoms with Gasteiger partial charge in [0.15, 0.2) is 0 Å². The number of pyridine rings is 1. The predicted molar refractivity (Wildman–Crippen MR) is 115 cm³/mol. The van der Waals surface area contributed by atoms with Gasteiger partial charge < -0.3 is 5.32 Å². The number of nitrogens with zero attached hydrogens (tertiary/aromatic N) is 1. The van der Waals surface area contributed by atoms with Crippen molar-refractivity contribution in [2.24, 2.45) is 0 Å². The van der Waals surface area contributed by atoms with E-state index in [2.05, 4.69) is 22.4 Å². The average molecular weight is 387 g/mol. The number of benzene rings is 3. The van der Waals surface area contributed by atoms with E-state index in [9.17, 15) is 4.79 Å². The summed E-state index contributed by atoms with van der Waals surface area (Å²) >= 11 is 6.27. The first-order valence-corrected chi connectivity index (χ1v) is 9.47. The van der Waals surface area contributed by atoms with Crippen molar-refractivity contribution in [3.05, 3.63) is 106 Å². The van der Waals surface area contributed by atoms with Crippen molar-refractivity contribution in [1.82, 2.24) is 4.98 Å². The smallest absolute Gasteiger partial charge is 0.256 e. The first-order chi connectivity index (χ1) is 13.6. The lowest BCUT2D eigenvalue weighted by atomic mass is 9.97. The molecule has 1 amide bonds. The van der Waals surface area contributed by atoms with Crippen LogP contribution in [0.3, 0.4) is 0 Å². The lowest BCUT2D eigenvalue weighted by molar-refractivity contribution is 0.102. The van der Waals surface area contributed by atoms with Gasteiger partial charge in [-0.15, -0.1) is 0 Å². The number of anilines is 1. The van der Waals surface area contributed by atoms with E-state index in [1.54, 1.807) is 18.3 Å². The van der Waals surface area contributed by atoms with Crippen LogP contribution in [0.5, 0.6) is 0 Å². The van der Waals surface area contributed by atoms with E-state index in [-0.39, 0.29) is 5.91 Å². The summed E-state index contributed by atoms with van der Waals surface area (Å²) in [5.74, 6) is -0.149. The summed E-state index contributed by atoms with van der Waals surface area (Å²) in [6.45, 7) is 1.99. The van der Waals surface area contributed by atoms with Crippen molar-refractivity contribution in [1.29, 1.82) is 0 Å². The molecule has 1 N–H and O–H groups in total. The first-order valence-electron chi connectivity index (χ1n) is 9.10. The largest absolute Gasteiger partial charge is 0.320 e. The Bertz CT molecular complexity index is 1160. The van der Waals surface area contributed by atoms with Gasteiger partial charge in [0.2, 0.25) is 0 Å². The molecule has 0 saturated carbocycles. The van der Waals surface area contributed by atoms with Crippen molar-refractivity contribution in [3.8, 4) is 0 Å². The van der Waals surface area contributed by atoms with E-state index >= 15 is 0 Å². The summed E-state index contributed by atoms with van der Waals surface area (Å²) in [5.41, 5.74) is 5.20. The minimum Gasteiger partial charge on any atom is -0.320 e. The number of aryl methyl sites for hydroxylation is 1. The molecule has 0 saturated heterocycles. The van der Waals surface area contributed by atoms with Gasteiger partial charge in [-0.05, 0) is 54.8 Å². The Morgan fingerprint density at radius 2 is 1.82 bits per heavy atom. The maximum Gasteiger partial charge on any atom is 0.256 e.